The van der Waals surface area contributed by atoms with Gasteiger partial charge in [0.25, 0.3) is 11.5 Å². The maximum Gasteiger partial charge on any atom is 0.263 e. The van der Waals surface area contributed by atoms with E-state index in [9.17, 15) is 9.59 Å². The first kappa shape index (κ1) is 24.4. The number of nitrogens with zero attached hydrogens (tertiary/aromatic N) is 3. The second kappa shape index (κ2) is 9.72. The lowest BCUT2D eigenvalue weighted by Crippen LogP contribution is -2.41. The Morgan fingerprint density at radius 3 is 2.76 bits per heavy atom. The largest absolute Gasteiger partial charge is 0.483 e. The maximum atomic E-state index is 13.7. The highest BCUT2D eigenvalue weighted by atomic mass is 16.5. The SMILES string of the molecule is C=C(C)Cc1c(OCC(=O)NC[C@@H]2CCCN2CC)ccc2c1c1ccnc3c4ccccc4c(=O)n2c13. The number of hydrogen-bond donors (Lipinski definition) is 1. The highest BCUT2D eigenvalue weighted by molar-refractivity contribution is 6.19. The van der Waals surface area contributed by atoms with Crippen LogP contribution in [-0.4, -0.2) is 52.5 Å². The molecule has 0 bridgehead atoms. The van der Waals surface area contributed by atoms with E-state index in [-0.39, 0.29) is 18.1 Å². The standard InChI is InChI=1S/C31H32N4O3/c1-4-34-15-7-8-20(34)17-33-27(36)18-38-26-12-11-25-28(24(26)16-19(2)3)23-13-14-32-29-21-9-5-6-10-22(21)31(37)35(25)30(23)29/h5-6,9-14,20H,2,4,7-8,15-18H2,1,3H3,(H,33,36)/t20-/m0/s1. The van der Waals surface area contributed by atoms with E-state index in [0.717, 1.165) is 63.4 Å². The second-order valence-electron chi connectivity index (χ2n) is 10.3. The maximum absolute atomic E-state index is 13.7. The number of carbonyl (C=O) groups excluding carboxylic acids is 1. The van der Waals surface area contributed by atoms with Crippen molar-refractivity contribution in [2.45, 2.75) is 39.2 Å². The number of carbonyl (C=O) groups is 1. The zero-order chi connectivity index (χ0) is 26.4. The van der Waals surface area contributed by atoms with Gasteiger partial charge in [0.2, 0.25) is 0 Å². The zero-order valence-corrected chi connectivity index (χ0v) is 21.9. The van der Waals surface area contributed by atoms with Crippen LogP contribution in [0.4, 0.5) is 0 Å². The fraction of sp³-hybridized carbons (Fsp3) is 0.323. The molecule has 0 radical (unpaired) electrons. The van der Waals surface area contributed by atoms with Crippen LogP contribution in [0.25, 0.3) is 38.1 Å². The van der Waals surface area contributed by atoms with Gasteiger partial charge in [-0.2, -0.15) is 0 Å². The summed E-state index contributed by atoms with van der Waals surface area (Å²) in [5.74, 6) is 0.500. The number of pyridine rings is 2. The second-order valence-corrected chi connectivity index (χ2v) is 10.3. The van der Waals surface area contributed by atoms with Gasteiger partial charge in [-0.3, -0.25) is 23.9 Å². The number of rotatable bonds is 8. The summed E-state index contributed by atoms with van der Waals surface area (Å²) < 4.78 is 7.90. The Labute approximate surface area is 221 Å². The normalized spacial score (nSPS) is 16.2. The third kappa shape index (κ3) is 3.98. The third-order valence-electron chi connectivity index (χ3n) is 7.80. The van der Waals surface area contributed by atoms with Gasteiger partial charge in [-0.15, -0.1) is 0 Å². The number of likely N-dealkylation sites (N-methyl/N-ethyl adjacent to an activating group) is 1. The monoisotopic (exact) mass is 508 g/mol. The molecule has 1 N–H and O–H groups in total. The first-order chi connectivity index (χ1) is 18.5. The van der Waals surface area contributed by atoms with Crippen molar-refractivity contribution >= 4 is 44.0 Å². The summed E-state index contributed by atoms with van der Waals surface area (Å²) in [5, 5.41) is 6.42. The fourth-order valence-corrected chi connectivity index (χ4v) is 6.09. The van der Waals surface area contributed by atoms with Crippen LogP contribution in [0.1, 0.15) is 32.3 Å². The van der Waals surface area contributed by atoms with Gasteiger partial charge in [0.05, 0.1) is 16.6 Å². The minimum absolute atomic E-state index is 0.0661. The molecule has 0 spiro atoms. The molecule has 2 aromatic carbocycles. The van der Waals surface area contributed by atoms with Crippen LogP contribution < -0.4 is 15.6 Å². The Balaban J connectivity index is 1.41. The molecule has 0 unspecified atom stereocenters. The molecule has 1 saturated heterocycles. The van der Waals surface area contributed by atoms with Crippen molar-refractivity contribution in [3.05, 3.63) is 76.7 Å². The number of benzene rings is 2. The Kier molecular flexibility index (Phi) is 6.24. The van der Waals surface area contributed by atoms with Crippen LogP contribution in [-0.2, 0) is 11.2 Å². The summed E-state index contributed by atoms with van der Waals surface area (Å²) >= 11 is 0. The molecule has 1 aliphatic heterocycles. The molecule has 0 saturated carbocycles. The summed E-state index contributed by atoms with van der Waals surface area (Å²) in [6.45, 7) is 10.9. The number of ether oxygens (including phenoxy) is 1. The molecule has 3 aromatic heterocycles. The first-order valence-corrected chi connectivity index (χ1v) is 13.3. The van der Waals surface area contributed by atoms with Crippen LogP contribution in [0.2, 0.25) is 0 Å². The van der Waals surface area contributed by atoms with Crippen LogP contribution >= 0.6 is 0 Å². The molecule has 6 rings (SSSR count). The number of allylic oxidation sites excluding steroid dienone is 1. The lowest BCUT2D eigenvalue weighted by Gasteiger charge is -2.23. The Morgan fingerprint density at radius 2 is 1.97 bits per heavy atom. The molecule has 194 valence electrons. The summed E-state index contributed by atoms with van der Waals surface area (Å²) in [5.41, 5.74) is 4.24. The quantitative estimate of drug-likeness (QED) is 0.243. The molecule has 1 aliphatic rings. The minimum atomic E-state index is -0.133. The van der Waals surface area contributed by atoms with E-state index in [1.807, 2.05) is 49.4 Å². The number of fused-ring (bicyclic) bond motifs is 5. The van der Waals surface area contributed by atoms with Gasteiger partial charge in [-0.25, -0.2) is 0 Å². The van der Waals surface area contributed by atoms with E-state index in [4.69, 9.17) is 4.74 Å². The lowest BCUT2D eigenvalue weighted by atomic mass is 9.99. The molecular weight excluding hydrogens is 476 g/mol. The molecule has 5 aromatic rings. The van der Waals surface area contributed by atoms with Crippen molar-refractivity contribution in [1.29, 1.82) is 0 Å². The van der Waals surface area contributed by atoms with Gasteiger partial charge in [-0.1, -0.05) is 37.3 Å². The number of amides is 1. The number of nitrogens with one attached hydrogen (secondary N) is 1. The average molecular weight is 509 g/mol. The topological polar surface area (TPSA) is 75.9 Å². The van der Waals surface area contributed by atoms with E-state index in [2.05, 4.69) is 28.7 Å². The fourth-order valence-electron chi connectivity index (χ4n) is 6.09. The molecule has 7 nitrogen and oxygen atoms in total. The molecule has 4 heterocycles. The van der Waals surface area contributed by atoms with Crippen LogP contribution in [0.5, 0.6) is 5.75 Å². The molecular formula is C31H32N4O3. The summed E-state index contributed by atoms with van der Waals surface area (Å²) in [6.07, 6.45) is 4.65. The van der Waals surface area contributed by atoms with E-state index in [1.165, 1.54) is 6.42 Å². The van der Waals surface area contributed by atoms with E-state index in [0.29, 0.717) is 30.1 Å². The molecule has 7 heteroatoms. The van der Waals surface area contributed by atoms with Crippen molar-refractivity contribution in [1.82, 2.24) is 19.6 Å². The van der Waals surface area contributed by atoms with Gasteiger partial charge < -0.3 is 10.1 Å². The van der Waals surface area contributed by atoms with Crippen molar-refractivity contribution in [2.24, 2.45) is 0 Å². The summed E-state index contributed by atoms with van der Waals surface area (Å²) in [7, 11) is 0. The van der Waals surface area contributed by atoms with Gasteiger partial charge >= 0.3 is 0 Å². The zero-order valence-electron chi connectivity index (χ0n) is 21.9. The van der Waals surface area contributed by atoms with Crippen LogP contribution in [0.3, 0.4) is 0 Å². The Morgan fingerprint density at radius 1 is 1.16 bits per heavy atom. The highest BCUT2D eigenvalue weighted by Gasteiger charge is 2.24. The van der Waals surface area contributed by atoms with Crippen LogP contribution in [0.15, 0.2) is 65.6 Å². The first-order valence-electron chi connectivity index (χ1n) is 13.3. The molecule has 1 fully saturated rings. The van der Waals surface area contributed by atoms with Crippen molar-refractivity contribution in [3.63, 3.8) is 0 Å². The van der Waals surface area contributed by atoms with E-state index in [1.54, 1.807) is 10.6 Å². The smallest absolute Gasteiger partial charge is 0.263 e. The summed E-state index contributed by atoms with van der Waals surface area (Å²) in [6, 6.07) is 13.7. The van der Waals surface area contributed by atoms with Crippen molar-refractivity contribution in [2.75, 3.05) is 26.2 Å². The predicted molar refractivity (Wildman–Crippen MR) is 152 cm³/mol. The molecule has 0 aliphatic carbocycles. The molecule has 38 heavy (non-hydrogen) atoms. The minimum Gasteiger partial charge on any atom is -0.483 e. The molecule has 1 atom stereocenters. The van der Waals surface area contributed by atoms with Gasteiger partial charge in [-0.05, 0) is 63.5 Å². The Hall–Kier alpha value is -3.97. The van der Waals surface area contributed by atoms with Crippen molar-refractivity contribution < 1.29 is 9.53 Å². The van der Waals surface area contributed by atoms with Crippen molar-refractivity contribution in [3.8, 4) is 5.75 Å². The van der Waals surface area contributed by atoms with Gasteiger partial charge in [0.15, 0.2) is 6.61 Å². The number of hydrogen-bond acceptors (Lipinski definition) is 5. The Bertz CT molecular complexity index is 1760. The van der Waals surface area contributed by atoms with Gasteiger partial charge in [0.1, 0.15) is 5.75 Å². The van der Waals surface area contributed by atoms with Crippen LogP contribution in [0, 0.1) is 0 Å². The third-order valence-corrected chi connectivity index (χ3v) is 7.80. The molecule has 1 amide bonds. The number of likely N-dealkylation sites (tertiary alicyclic amines) is 1. The number of aromatic nitrogens is 2. The van der Waals surface area contributed by atoms with E-state index < -0.39 is 0 Å². The van der Waals surface area contributed by atoms with Gasteiger partial charge in [0, 0.05) is 45.9 Å². The van der Waals surface area contributed by atoms with E-state index >= 15 is 0 Å². The summed E-state index contributed by atoms with van der Waals surface area (Å²) in [4.78, 5) is 33.5. The average Bonchev–Trinajstić information content (AvgIpc) is 3.52. The predicted octanol–water partition coefficient (Wildman–Crippen LogP) is 4.69. The highest BCUT2D eigenvalue weighted by Crippen LogP contribution is 2.39. The lowest BCUT2D eigenvalue weighted by molar-refractivity contribution is -0.123.